The molecule has 16 heteroatoms. The predicted octanol–water partition coefficient (Wildman–Crippen LogP) is 3.68. The van der Waals surface area contributed by atoms with E-state index in [0.29, 0.717) is 24.3 Å². The lowest BCUT2D eigenvalue weighted by Crippen LogP contribution is -2.60. The highest BCUT2D eigenvalue weighted by molar-refractivity contribution is 6.00. The van der Waals surface area contributed by atoms with E-state index in [-0.39, 0.29) is 31.3 Å². The lowest BCUT2D eigenvalue weighted by atomic mass is 9.73. The first kappa shape index (κ1) is 43.9. The summed E-state index contributed by atoms with van der Waals surface area (Å²) in [4.78, 5) is 57.9. The van der Waals surface area contributed by atoms with Gasteiger partial charge in [-0.1, -0.05) is 57.2 Å². The number of benzene rings is 1. The number of carbonyl (C=O) groups is 4. The summed E-state index contributed by atoms with van der Waals surface area (Å²) in [5, 5.41) is 19.4. The number of ketones is 2. The highest BCUT2D eigenvalue weighted by Gasteiger charge is 2.60. The van der Waals surface area contributed by atoms with Crippen molar-refractivity contribution in [2.24, 2.45) is 29.4 Å². The molecule has 3 saturated heterocycles. The SMILES string of the molecule is CC[C@H]1OC(=O)[C@H](C)C(=O)[C@H](C)[C@@H](O[C@@H]2O[C@H](C)CC(N)C2O)[C@](C)(OC)C[C@@H](C)C(=O)[C@H](C)[C@H]2N(C/C=C/Cn3cc(-c4cccc(N)c4)nn3)C(=O)O[C@]12C. The van der Waals surface area contributed by atoms with E-state index in [1.165, 1.54) is 18.9 Å². The number of anilines is 1. The lowest BCUT2D eigenvalue weighted by molar-refractivity contribution is -0.288. The summed E-state index contributed by atoms with van der Waals surface area (Å²) in [5.41, 5.74) is 11.5. The van der Waals surface area contributed by atoms with Crippen molar-refractivity contribution in [3.63, 3.8) is 0 Å². The molecule has 1 amide bonds. The van der Waals surface area contributed by atoms with Gasteiger partial charge in [-0.15, -0.1) is 5.10 Å². The number of carbonyl (C=O) groups excluding carboxylic acids is 4. The maximum absolute atomic E-state index is 14.6. The van der Waals surface area contributed by atoms with Crippen LogP contribution in [0.1, 0.15) is 74.7 Å². The number of allylic oxidation sites excluding steroid dienone is 1. The van der Waals surface area contributed by atoms with Crippen molar-refractivity contribution in [2.45, 2.75) is 135 Å². The number of hydrogen-bond donors (Lipinski definition) is 3. The van der Waals surface area contributed by atoms with Crippen molar-refractivity contribution in [1.29, 1.82) is 0 Å². The molecule has 2 aromatic rings. The Labute approximate surface area is 334 Å². The number of amides is 1. The van der Waals surface area contributed by atoms with Crippen LogP contribution in [0.4, 0.5) is 10.5 Å². The van der Waals surface area contributed by atoms with Crippen LogP contribution in [0.5, 0.6) is 0 Å². The van der Waals surface area contributed by atoms with Gasteiger partial charge in [0.05, 0.1) is 36.6 Å². The molecule has 57 heavy (non-hydrogen) atoms. The second kappa shape index (κ2) is 17.7. The molecule has 13 atom stereocenters. The number of cyclic esters (lactones) is 1. The molecule has 0 bridgehead atoms. The van der Waals surface area contributed by atoms with Crippen molar-refractivity contribution < 1.29 is 48.0 Å². The molecule has 1 aromatic heterocycles. The minimum atomic E-state index is -1.46. The van der Waals surface area contributed by atoms with E-state index in [1.807, 2.05) is 31.2 Å². The first-order valence-electron chi connectivity index (χ1n) is 19.8. The second-order valence-electron chi connectivity index (χ2n) is 16.4. The monoisotopic (exact) mass is 796 g/mol. The highest BCUT2D eigenvalue weighted by Crippen LogP contribution is 2.43. The Hall–Kier alpha value is -4.22. The Morgan fingerprint density at radius 2 is 1.74 bits per heavy atom. The van der Waals surface area contributed by atoms with Gasteiger partial charge >= 0.3 is 12.1 Å². The van der Waals surface area contributed by atoms with E-state index in [9.17, 15) is 24.3 Å². The van der Waals surface area contributed by atoms with Gasteiger partial charge in [0.15, 0.2) is 17.7 Å². The fourth-order valence-electron chi connectivity index (χ4n) is 8.80. The van der Waals surface area contributed by atoms with E-state index in [0.717, 1.165) is 5.56 Å². The zero-order chi connectivity index (χ0) is 42.0. The zero-order valence-corrected chi connectivity index (χ0v) is 34.5. The van der Waals surface area contributed by atoms with Crippen LogP contribution in [0.2, 0.25) is 0 Å². The van der Waals surface area contributed by atoms with Gasteiger partial charge in [0.25, 0.3) is 0 Å². The number of nitrogens with two attached hydrogens (primary N) is 2. The van der Waals surface area contributed by atoms with Gasteiger partial charge in [-0.05, 0) is 59.1 Å². The first-order chi connectivity index (χ1) is 26.8. The Morgan fingerprint density at radius 1 is 1.04 bits per heavy atom. The van der Waals surface area contributed by atoms with Crippen molar-refractivity contribution in [3.05, 3.63) is 42.6 Å². The maximum atomic E-state index is 14.6. The average molecular weight is 797 g/mol. The molecule has 4 heterocycles. The number of esters is 1. The van der Waals surface area contributed by atoms with Crippen LogP contribution in [0.15, 0.2) is 42.6 Å². The fourth-order valence-corrected chi connectivity index (χ4v) is 8.80. The quantitative estimate of drug-likeness (QED) is 0.143. The number of nitrogens with zero attached hydrogens (tertiary/aromatic N) is 4. The van der Waals surface area contributed by atoms with E-state index in [4.69, 9.17) is 35.2 Å². The van der Waals surface area contributed by atoms with Crippen LogP contribution >= 0.6 is 0 Å². The zero-order valence-electron chi connectivity index (χ0n) is 34.5. The largest absolute Gasteiger partial charge is 0.458 e. The molecule has 0 spiro atoms. The molecule has 3 fully saturated rings. The minimum Gasteiger partial charge on any atom is -0.458 e. The third kappa shape index (κ3) is 9.09. The van der Waals surface area contributed by atoms with Crippen molar-refractivity contribution >= 4 is 29.3 Å². The summed E-state index contributed by atoms with van der Waals surface area (Å²) in [7, 11) is 1.46. The third-order valence-corrected chi connectivity index (χ3v) is 12.1. The summed E-state index contributed by atoms with van der Waals surface area (Å²) >= 11 is 0. The number of aromatic nitrogens is 3. The van der Waals surface area contributed by atoms with Gasteiger partial charge in [0.1, 0.15) is 29.6 Å². The number of aliphatic hydroxyl groups is 1. The summed E-state index contributed by atoms with van der Waals surface area (Å²) < 4.78 is 32.3. The topological polar surface area (TPSA) is 221 Å². The van der Waals surface area contributed by atoms with E-state index >= 15 is 0 Å². The number of nitrogen functional groups attached to an aromatic ring is 1. The summed E-state index contributed by atoms with van der Waals surface area (Å²) in [6, 6.07) is 5.82. The van der Waals surface area contributed by atoms with E-state index < -0.39 is 89.4 Å². The lowest BCUT2D eigenvalue weighted by Gasteiger charge is -2.46. The number of rotatable bonds is 9. The van der Waals surface area contributed by atoms with Crippen LogP contribution in [0, 0.1) is 23.7 Å². The molecule has 1 aromatic carbocycles. The van der Waals surface area contributed by atoms with Crippen LogP contribution in [-0.2, 0) is 44.6 Å². The van der Waals surface area contributed by atoms with Crippen LogP contribution < -0.4 is 11.5 Å². The molecule has 3 aliphatic rings. The summed E-state index contributed by atoms with van der Waals surface area (Å²) in [6.45, 7) is 14.0. The number of ether oxygens (including phenoxy) is 5. The van der Waals surface area contributed by atoms with E-state index in [2.05, 4.69) is 10.3 Å². The smallest absolute Gasteiger partial charge is 0.411 e. The Morgan fingerprint density at radius 3 is 2.40 bits per heavy atom. The minimum absolute atomic E-state index is 0.0780. The number of methoxy groups -OCH3 is 1. The van der Waals surface area contributed by atoms with Crippen molar-refractivity contribution in [3.8, 4) is 11.3 Å². The Balaban J connectivity index is 1.45. The van der Waals surface area contributed by atoms with Gasteiger partial charge in [-0.3, -0.25) is 19.3 Å². The van der Waals surface area contributed by atoms with Gasteiger partial charge in [0, 0.05) is 48.7 Å². The molecule has 2 unspecified atom stereocenters. The van der Waals surface area contributed by atoms with Gasteiger partial charge in [-0.25, -0.2) is 9.48 Å². The number of hydrogen-bond acceptors (Lipinski definition) is 14. The van der Waals surface area contributed by atoms with Crippen molar-refractivity contribution in [1.82, 2.24) is 19.9 Å². The summed E-state index contributed by atoms with van der Waals surface area (Å²) in [5.74, 6) is -5.25. The van der Waals surface area contributed by atoms with Gasteiger partial charge in [-0.2, -0.15) is 0 Å². The van der Waals surface area contributed by atoms with Gasteiger partial charge in [0.2, 0.25) is 0 Å². The van der Waals surface area contributed by atoms with Crippen LogP contribution in [-0.4, -0.2) is 116 Å². The molecular weight excluding hydrogens is 736 g/mol. The molecule has 16 nitrogen and oxygen atoms in total. The number of aliphatic hydroxyl groups excluding tert-OH is 1. The maximum Gasteiger partial charge on any atom is 0.411 e. The Bertz CT molecular complexity index is 1800. The standard InChI is InChI=1S/C41H60N6O10/c1-10-31-41(8)35(47(39(52)57-41)17-12-11-16-46-21-30(44-45-46)27-14-13-15-28(42)19-27)24(4)32(48)22(2)20-40(7,53-9)36(25(5)33(49)26(6)37(51)55-31)56-38-34(50)29(43)18-23(3)54-38/h11-15,19,21-26,29,31,34-36,38,50H,10,16-18,20,42-43H2,1-9H3/b12-11+/t22-,23-,24+,25+,26-,29?,31-,34?,35-,36-,38+,40-,41-/m1/s1. The predicted molar refractivity (Wildman–Crippen MR) is 209 cm³/mol. The van der Waals surface area contributed by atoms with Crippen molar-refractivity contribution in [2.75, 3.05) is 19.4 Å². The molecule has 0 aliphatic carbocycles. The molecule has 0 saturated carbocycles. The third-order valence-electron chi connectivity index (χ3n) is 12.1. The average Bonchev–Trinajstić information content (AvgIpc) is 3.75. The van der Waals surface area contributed by atoms with Crippen LogP contribution in [0.3, 0.4) is 0 Å². The number of fused-ring (bicyclic) bond motifs is 1. The Kier molecular flexibility index (Phi) is 13.7. The van der Waals surface area contributed by atoms with E-state index in [1.54, 1.807) is 64.6 Å². The molecule has 5 N–H and O–H groups in total. The van der Waals surface area contributed by atoms with Crippen LogP contribution in [0.25, 0.3) is 11.3 Å². The normalized spacial score (nSPS) is 37.2. The fraction of sp³-hybridized carbons (Fsp3) is 0.659. The van der Waals surface area contributed by atoms with Gasteiger partial charge < -0.3 is 40.3 Å². The molecule has 314 valence electrons. The first-order valence-corrected chi connectivity index (χ1v) is 19.8. The number of Topliss-reactive ketones (excluding diaryl/α,β-unsaturated/α-hetero) is 2. The molecule has 5 rings (SSSR count). The molecule has 3 aliphatic heterocycles. The second-order valence-corrected chi connectivity index (χ2v) is 16.4. The molecular formula is C41H60N6O10. The molecule has 0 radical (unpaired) electrons. The highest BCUT2D eigenvalue weighted by atomic mass is 16.7. The summed E-state index contributed by atoms with van der Waals surface area (Å²) in [6.07, 6.45) is 0.611.